The Kier molecular flexibility index (Phi) is 6.06. The molecule has 0 radical (unpaired) electrons. The minimum atomic E-state index is -4.40. The van der Waals surface area contributed by atoms with Crippen LogP contribution in [0.3, 0.4) is 0 Å². The zero-order valence-electron chi connectivity index (χ0n) is 12.9. The quantitative estimate of drug-likeness (QED) is 0.774. The van der Waals surface area contributed by atoms with Crippen LogP contribution in [0.1, 0.15) is 5.76 Å². The summed E-state index contributed by atoms with van der Waals surface area (Å²) in [4.78, 5) is 12.2. The van der Waals surface area contributed by atoms with Gasteiger partial charge in [-0.3, -0.25) is 4.79 Å². The molecule has 0 bridgehead atoms. The van der Waals surface area contributed by atoms with Crippen LogP contribution < -0.4 is 10.2 Å². The van der Waals surface area contributed by atoms with E-state index >= 15 is 0 Å². The summed E-state index contributed by atoms with van der Waals surface area (Å²) in [6.45, 7) is -0.978. The predicted molar refractivity (Wildman–Crippen MR) is 86.4 cm³/mol. The molecule has 1 amide bonds. The summed E-state index contributed by atoms with van der Waals surface area (Å²) in [7, 11) is 1.72. The number of carbonyl (C=O) groups excluding carboxylic acids is 1. The molecular weight excluding hydrogens is 389 g/mol. The van der Waals surface area contributed by atoms with Crippen molar-refractivity contribution in [2.75, 3.05) is 20.1 Å². The van der Waals surface area contributed by atoms with Crippen LogP contribution in [-0.4, -0.2) is 32.2 Å². The molecule has 2 aromatic rings. The highest BCUT2D eigenvalue weighted by Crippen LogP contribution is 2.23. The van der Waals surface area contributed by atoms with Gasteiger partial charge in [-0.05, 0) is 24.3 Å². The van der Waals surface area contributed by atoms with E-state index in [1.165, 1.54) is 0 Å². The molecule has 0 aliphatic rings. The molecule has 0 fully saturated rings. The molecule has 0 spiro atoms. The van der Waals surface area contributed by atoms with Crippen LogP contribution >= 0.6 is 15.9 Å². The number of benzene rings is 1. The lowest BCUT2D eigenvalue weighted by Gasteiger charge is -2.13. The van der Waals surface area contributed by atoms with E-state index in [0.717, 1.165) is 14.9 Å². The fraction of sp³-hybridized carbons (Fsp3) is 0.312. The van der Waals surface area contributed by atoms with Gasteiger partial charge < -0.3 is 14.6 Å². The number of carbonyl (C=O) groups is 1. The first-order valence-electron chi connectivity index (χ1n) is 7.22. The molecule has 4 nitrogen and oxygen atoms in total. The molecule has 1 aromatic heterocycles. The number of hydrogen-bond acceptors (Lipinski definition) is 2. The molecular formula is C16H17BrF3N2O2+. The van der Waals surface area contributed by atoms with Crippen LogP contribution in [0.4, 0.5) is 13.2 Å². The second-order valence-corrected chi connectivity index (χ2v) is 6.39. The number of nitrogens with one attached hydrogen (secondary N) is 2. The van der Waals surface area contributed by atoms with E-state index in [-0.39, 0.29) is 6.54 Å². The lowest BCUT2D eigenvalue weighted by molar-refractivity contribution is -0.886. The van der Waals surface area contributed by atoms with Crippen molar-refractivity contribution in [3.63, 3.8) is 0 Å². The van der Waals surface area contributed by atoms with Crippen molar-refractivity contribution in [3.8, 4) is 11.3 Å². The summed E-state index contributed by atoms with van der Waals surface area (Å²) >= 11 is 3.36. The maximum absolute atomic E-state index is 12.0. The third kappa shape index (κ3) is 6.01. The molecule has 0 aliphatic carbocycles. The van der Waals surface area contributed by atoms with Crippen molar-refractivity contribution in [2.45, 2.75) is 12.7 Å². The average molecular weight is 406 g/mol. The highest BCUT2D eigenvalue weighted by molar-refractivity contribution is 9.10. The highest BCUT2D eigenvalue weighted by Gasteiger charge is 2.28. The smallest absolute Gasteiger partial charge is 0.405 e. The summed E-state index contributed by atoms with van der Waals surface area (Å²) in [5.74, 6) is 0.713. The van der Waals surface area contributed by atoms with Crippen molar-refractivity contribution in [2.24, 2.45) is 0 Å². The van der Waals surface area contributed by atoms with E-state index < -0.39 is 18.6 Å². The Hall–Kier alpha value is -1.80. The van der Waals surface area contributed by atoms with Crippen molar-refractivity contribution in [1.29, 1.82) is 0 Å². The van der Waals surface area contributed by atoms with E-state index in [2.05, 4.69) is 15.9 Å². The third-order valence-electron chi connectivity index (χ3n) is 3.21. The van der Waals surface area contributed by atoms with E-state index in [9.17, 15) is 18.0 Å². The summed E-state index contributed by atoms with van der Waals surface area (Å²) in [5, 5.41) is 1.86. The summed E-state index contributed by atoms with van der Waals surface area (Å²) < 4.78 is 42.8. The van der Waals surface area contributed by atoms with Crippen LogP contribution in [0, 0.1) is 0 Å². The van der Waals surface area contributed by atoms with Gasteiger partial charge in [-0.25, -0.2) is 0 Å². The standard InChI is InChI=1S/C16H16BrF3N2O2/c1-22(9-15(23)21-10-16(18,19)20)8-13-6-7-14(24-13)11-2-4-12(17)5-3-11/h2-7H,8-10H2,1H3,(H,21,23)/p+1. The number of halogens is 4. The Bertz CT molecular complexity index is 683. The summed E-state index contributed by atoms with van der Waals surface area (Å²) in [6.07, 6.45) is -4.40. The number of quaternary nitrogens is 1. The molecule has 0 saturated heterocycles. The van der Waals surface area contributed by atoms with Gasteiger partial charge in [0.1, 0.15) is 18.8 Å². The normalized spacial score (nSPS) is 12.9. The van der Waals surface area contributed by atoms with Gasteiger partial charge in [0.15, 0.2) is 12.3 Å². The zero-order chi connectivity index (χ0) is 17.7. The van der Waals surface area contributed by atoms with Gasteiger partial charge >= 0.3 is 6.18 Å². The highest BCUT2D eigenvalue weighted by atomic mass is 79.9. The maximum atomic E-state index is 12.0. The molecule has 2 N–H and O–H groups in total. The van der Waals surface area contributed by atoms with Gasteiger partial charge in [-0.15, -0.1) is 0 Å². The Morgan fingerprint density at radius 1 is 1.21 bits per heavy atom. The largest absolute Gasteiger partial charge is 0.455 e. The lowest BCUT2D eigenvalue weighted by atomic mass is 10.2. The van der Waals surface area contributed by atoms with Gasteiger partial charge in [0.2, 0.25) is 0 Å². The van der Waals surface area contributed by atoms with E-state index in [0.29, 0.717) is 18.1 Å². The van der Waals surface area contributed by atoms with Gasteiger partial charge in [-0.2, -0.15) is 13.2 Å². The van der Waals surface area contributed by atoms with Crippen LogP contribution in [-0.2, 0) is 11.3 Å². The molecule has 1 unspecified atom stereocenters. The SMILES string of the molecule is C[NH+](CC(=O)NCC(F)(F)F)Cc1ccc(-c2ccc(Br)cc2)o1. The van der Waals surface area contributed by atoms with Crippen LogP contribution in [0.15, 0.2) is 45.3 Å². The first kappa shape index (κ1) is 18.5. The van der Waals surface area contributed by atoms with Crippen molar-refractivity contribution >= 4 is 21.8 Å². The molecule has 1 heterocycles. The monoisotopic (exact) mass is 405 g/mol. The minimum absolute atomic E-state index is 0.0651. The predicted octanol–water partition coefficient (Wildman–Crippen LogP) is 2.40. The first-order chi connectivity index (χ1) is 11.2. The molecule has 2 rings (SSSR count). The van der Waals surface area contributed by atoms with Gasteiger partial charge in [0, 0.05) is 10.0 Å². The number of hydrogen-bond donors (Lipinski definition) is 2. The van der Waals surface area contributed by atoms with Crippen molar-refractivity contribution in [1.82, 2.24) is 5.32 Å². The average Bonchev–Trinajstić information content (AvgIpc) is 2.93. The molecule has 8 heteroatoms. The fourth-order valence-corrected chi connectivity index (χ4v) is 2.40. The fourth-order valence-electron chi connectivity index (χ4n) is 2.14. The molecule has 0 saturated carbocycles. The topological polar surface area (TPSA) is 46.7 Å². The number of amides is 1. The third-order valence-corrected chi connectivity index (χ3v) is 3.74. The zero-order valence-corrected chi connectivity index (χ0v) is 14.5. The number of alkyl halides is 3. The maximum Gasteiger partial charge on any atom is 0.405 e. The van der Waals surface area contributed by atoms with Crippen molar-refractivity contribution in [3.05, 3.63) is 46.6 Å². The Morgan fingerprint density at radius 2 is 1.88 bits per heavy atom. The second-order valence-electron chi connectivity index (χ2n) is 5.48. The van der Waals surface area contributed by atoms with E-state index in [4.69, 9.17) is 4.42 Å². The Balaban J connectivity index is 1.87. The van der Waals surface area contributed by atoms with Gasteiger partial charge in [-0.1, -0.05) is 28.1 Å². The number of furan rings is 1. The first-order valence-corrected chi connectivity index (χ1v) is 8.01. The van der Waals surface area contributed by atoms with Crippen LogP contribution in [0.25, 0.3) is 11.3 Å². The number of likely N-dealkylation sites (N-methyl/N-ethyl adjacent to an activating group) is 1. The van der Waals surface area contributed by atoms with E-state index in [1.54, 1.807) is 13.1 Å². The molecule has 1 aromatic carbocycles. The molecule has 24 heavy (non-hydrogen) atoms. The van der Waals surface area contributed by atoms with Crippen molar-refractivity contribution < 1.29 is 27.3 Å². The second kappa shape index (κ2) is 7.85. The molecule has 1 atom stereocenters. The minimum Gasteiger partial charge on any atom is -0.455 e. The van der Waals surface area contributed by atoms with Gasteiger partial charge in [0.25, 0.3) is 5.91 Å². The Morgan fingerprint density at radius 3 is 2.50 bits per heavy atom. The Labute approximate surface area is 145 Å². The summed E-state index contributed by atoms with van der Waals surface area (Å²) in [6, 6.07) is 11.3. The van der Waals surface area contributed by atoms with Crippen LogP contribution in [0.5, 0.6) is 0 Å². The van der Waals surface area contributed by atoms with Crippen LogP contribution in [0.2, 0.25) is 0 Å². The van der Waals surface area contributed by atoms with Gasteiger partial charge in [0.05, 0.1) is 7.05 Å². The molecule has 0 aliphatic heterocycles. The lowest BCUT2D eigenvalue weighted by Crippen LogP contribution is -3.08. The summed E-state index contributed by atoms with van der Waals surface area (Å²) in [5.41, 5.74) is 0.921. The molecule has 130 valence electrons. The van der Waals surface area contributed by atoms with E-state index in [1.807, 2.05) is 35.6 Å². The number of rotatable bonds is 6.